The largest absolute Gasteiger partial charge is 0.392 e. The minimum atomic E-state index is -0.0364. The Morgan fingerprint density at radius 3 is 3.19 bits per heavy atom. The number of aliphatic hydroxyl groups is 1. The molecule has 1 unspecified atom stereocenters. The van der Waals surface area contributed by atoms with Crippen LogP contribution in [0.5, 0.6) is 0 Å². The highest BCUT2D eigenvalue weighted by Gasteiger charge is 2.20. The molecule has 1 aliphatic heterocycles. The Kier molecular flexibility index (Phi) is 3.95. The molecule has 88 valence electrons. The van der Waals surface area contributed by atoms with Crippen molar-refractivity contribution < 1.29 is 5.11 Å². The van der Waals surface area contributed by atoms with Gasteiger partial charge >= 0.3 is 0 Å². The fourth-order valence-corrected chi connectivity index (χ4v) is 2.99. The number of anilines is 1. The van der Waals surface area contributed by atoms with Gasteiger partial charge in [-0.2, -0.15) is 11.8 Å². The van der Waals surface area contributed by atoms with Gasteiger partial charge in [-0.25, -0.2) is 4.98 Å². The zero-order valence-electron chi connectivity index (χ0n) is 9.19. The van der Waals surface area contributed by atoms with Crippen LogP contribution in [0.25, 0.3) is 0 Å². The Hall–Kier alpha value is -0.450. The van der Waals surface area contributed by atoms with Crippen LogP contribution in [0.2, 0.25) is 5.02 Å². The molecule has 1 aliphatic rings. The summed E-state index contributed by atoms with van der Waals surface area (Å²) in [5.41, 5.74) is 0.747. The van der Waals surface area contributed by atoms with Crippen molar-refractivity contribution in [3.63, 3.8) is 0 Å². The van der Waals surface area contributed by atoms with E-state index in [0.717, 1.165) is 29.4 Å². The topological polar surface area (TPSA) is 36.4 Å². The summed E-state index contributed by atoms with van der Waals surface area (Å²) in [6.07, 6.45) is 1.62. The lowest BCUT2D eigenvalue weighted by Gasteiger charge is -2.34. The number of aromatic nitrogens is 1. The molecule has 16 heavy (non-hydrogen) atoms. The molecular formula is C11H15ClN2OS. The highest BCUT2D eigenvalue weighted by atomic mass is 35.5. The van der Waals surface area contributed by atoms with Gasteiger partial charge in [0.1, 0.15) is 5.82 Å². The monoisotopic (exact) mass is 258 g/mol. The maximum atomic E-state index is 9.17. The second-order valence-corrected chi connectivity index (χ2v) is 5.47. The number of aliphatic hydroxyl groups excluding tert-OH is 1. The molecule has 0 saturated carbocycles. The zero-order chi connectivity index (χ0) is 11.5. The van der Waals surface area contributed by atoms with Crippen LogP contribution in [0.1, 0.15) is 12.5 Å². The minimum absolute atomic E-state index is 0.0364. The molecule has 1 fully saturated rings. The van der Waals surface area contributed by atoms with Crippen molar-refractivity contribution in [3.8, 4) is 0 Å². The number of hydrogen-bond acceptors (Lipinski definition) is 4. The van der Waals surface area contributed by atoms with Gasteiger partial charge < -0.3 is 10.0 Å². The van der Waals surface area contributed by atoms with Gasteiger partial charge in [-0.05, 0) is 13.0 Å². The molecule has 0 amide bonds. The van der Waals surface area contributed by atoms with Gasteiger partial charge in [-0.1, -0.05) is 11.6 Å². The molecule has 1 saturated heterocycles. The van der Waals surface area contributed by atoms with E-state index < -0.39 is 0 Å². The van der Waals surface area contributed by atoms with E-state index in [1.54, 1.807) is 6.20 Å². The average molecular weight is 259 g/mol. The third kappa shape index (κ3) is 2.44. The van der Waals surface area contributed by atoms with Crippen LogP contribution in [0.15, 0.2) is 12.3 Å². The van der Waals surface area contributed by atoms with Gasteiger partial charge in [-0.3, -0.25) is 0 Å². The van der Waals surface area contributed by atoms with Crippen molar-refractivity contribution in [2.45, 2.75) is 19.6 Å². The zero-order valence-corrected chi connectivity index (χ0v) is 10.8. The van der Waals surface area contributed by atoms with Gasteiger partial charge in [0.05, 0.1) is 11.6 Å². The predicted octanol–water partition coefficient (Wildman–Crippen LogP) is 2.17. The minimum Gasteiger partial charge on any atom is -0.392 e. The number of hydrogen-bond donors (Lipinski definition) is 1. The number of thioether (sulfide) groups is 1. The van der Waals surface area contributed by atoms with Crippen molar-refractivity contribution in [2.75, 3.05) is 23.0 Å². The quantitative estimate of drug-likeness (QED) is 0.882. The van der Waals surface area contributed by atoms with Gasteiger partial charge in [0.2, 0.25) is 0 Å². The van der Waals surface area contributed by atoms with Gasteiger partial charge in [-0.15, -0.1) is 0 Å². The maximum absolute atomic E-state index is 9.17. The molecule has 0 aromatic carbocycles. The lowest BCUT2D eigenvalue weighted by atomic mass is 10.2. The van der Waals surface area contributed by atoms with E-state index in [0.29, 0.717) is 11.1 Å². The standard InChI is InChI=1S/C11H15ClN2OS/c1-8-7-16-3-2-14(8)11-4-9(6-15)10(12)5-13-11/h4-5,8,15H,2-3,6-7H2,1H3. The molecule has 1 atom stereocenters. The van der Waals surface area contributed by atoms with Crippen LogP contribution in [-0.2, 0) is 6.61 Å². The van der Waals surface area contributed by atoms with Crippen LogP contribution in [0, 0.1) is 0 Å². The average Bonchev–Trinajstić information content (AvgIpc) is 2.31. The Morgan fingerprint density at radius 1 is 1.69 bits per heavy atom. The van der Waals surface area contributed by atoms with Crippen molar-refractivity contribution in [2.24, 2.45) is 0 Å². The van der Waals surface area contributed by atoms with Crippen LogP contribution < -0.4 is 4.90 Å². The van der Waals surface area contributed by atoms with E-state index in [1.165, 1.54) is 0 Å². The summed E-state index contributed by atoms with van der Waals surface area (Å²) >= 11 is 7.90. The number of rotatable bonds is 2. The van der Waals surface area contributed by atoms with E-state index >= 15 is 0 Å². The third-order valence-electron chi connectivity index (χ3n) is 2.75. The van der Waals surface area contributed by atoms with E-state index in [1.807, 2.05) is 17.8 Å². The molecule has 2 rings (SSSR count). The summed E-state index contributed by atoms with van der Waals surface area (Å²) in [6.45, 7) is 3.16. The lowest BCUT2D eigenvalue weighted by molar-refractivity contribution is 0.282. The Balaban J connectivity index is 2.25. The third-order valence-corrected chi connectivity index (χ3v) is 4.28. The number of pyridine rings is 1. The van der Waals surface area contributed by atoms with Crippen molar-refractivity contribution in [1.29, 1.82) is 0 Å². The summed E-state index contributed by atoms with van der Waals surface area (Å²) in [4.78, 5) is 6.60. The molecule has 0 aliphatic carbocycles. The molecule has 3 nitrogen and oxygen atoms in total. The molecule has 0 spiro atoms. The first-order valence-electron chi connectivity index (χ1n) is 5.32. The first-order valence-corrected chi connectivity index (χ1v) is 6.85. The summed E-state index contributed by atoms with van der Waals surface area (Å²) in [6, 6.07) is 2.37. The second-order valence-electron chi connectivity index (χ2n) is 3.91. The summed E-state index contributed by atoms with van der Waals surface area (Å²) in [7, 11) is 0. The van der Waals surface area contributed by atoms with E-state index in [2.05, 4.69) is 16.8 Å². The smallest absolute Gasteiger partial charge is 0.129 e. The first-order chi connectivity index (χ1) is 7.72. The fraction of sp³-hybridized carbons (Fsp3) is 0.545. The summed E-state index contributed by atoms with van der Waals surface area (Å²) in [5.74, 6) is 3.17. The molecule has 0 bridgehead atoms. The van der Waals surface area contributed by atoms with Crippen molar-refractivity contribution in [3.05, 3.63) is 22.8 Å². The van der Waals surface area contributed by atoms with Gasteiger partial charge in [0.15, 0.2) is 0 Å². The normalized spacial score (nSPS) is 21.2. The molecular weight excluding hydrogens is 244 g/mol. The van der Waals surface area contributed by atoms with E-state index in [4.69, 9.17) is 11.6 Å². The summed E-state index contributed by atoms with van der Waals surface area (Å²) < 4.78 is 0. The Morgan fingerprint density at radius 2 is 2.50 bits per heavy atom. The van der Waals surface area contributed by atoms with Crippen molar-refractivity contribution in [1.82, 2.24) is 4.98 Å². The highest BCUT2D eigenvalue weighted by Crippen LogP contribution is 2.25. The SMILES string of the molecule is CC1CSCCN1c1cc(CO)c(Cl)cn1. The molecule has 0 radical (unpaired) electrons. The Labute approximate surface area is 105 Å². The molecule has 1 aromatic heterocycles. The van der Waals surface area contributed by atoms with Crippen LogP contribution >= 0.6 is 23.4 Å². The van der Waals surface area contributed by atoms with Crippen LogP contribution in [0.3, 0.4) is 0 Å². The first kappa shape index (κ1) is 12.0. The Bertz CT molecular complexity index is 375. The number of halogens is 1. The summed E-state index contributed by atoms with van der Waals surface area (Å²) in [5, 5.41) is 9.70. The van der Waals surface area contributed by atoms with Crippen LogP contribution in [-0.4, -0.2) is 34.2 Å². The second kappa shape index (κ2) is 5.25. The van der Waals surface area contributed by atoms with E-state index in [9.17, 15) is 5.11 Å². The van der Waals surface area contributed by atoms with Crippen LogP contribution in [0.4, 0.5) is 5.82 Å². The molecule has 1 aromatic rings. The maximum Gasteiger partial charge on any atom is 0.129 e. The predicted molar refractivity (Wildman–Crippen MR) is 69.3 cm³/mol. The lowest BCUT2D eigenvalue weighted by Crippen LogP contribution is -2.40. The number of nitrogens with zero attached hydrogens (tertiary/aromatic N) is 2. The van der Waals surface area contributed by atoms with Crippen molar-refractivity contribution >= 4 is 29.2 Å². The molecule has 1 N–H and O–H groups in total. The fourth-order valence-electron chi connectivity index (χ4n) is 1.81. The highest BCUT2D eigenvalue weighted by molar-refractivity contribution is 7.99. The molecule has 5 heteroatoms. The molecule has 2 heterocycles. The van der Waals surface area contributed by atoms with Gasteiger partial charge in [0, 0.05) is 35.9 Å². The van der Waals surface area contributed by atoms with Gasteiger partial charge in [0.25, 0.3) is 0 Å². The van der Waals surface area contributed by atoms with E-state index in [-0.39, 0.29) is 6.61 Å².